The zero-order valence-corrected chi connectivity index (χ0v) is 16.7. The van der Waals surface area contributed by atoms with Crippen LogP contribution >= 0.6 is 11.6 Å². The molecule has 3 aromatic rings. The van der Waals surface area contributed by atoms with Crippen molar-refractivity contribution < 1.29 is 4.79 Å². The highest BCUT2D eigenvalue weighted by Crippen LogP contribution is 2.33. The van der Waals surface area contributed by atoms with Crippen LogP contribution in [0.3, 0.4) is 0 Å². The predicted octanol–water partition coefficient (Wildman–Crippen LogP) is 0.328. The van der Waals surface area contributed by atoms with Crippen LogP contribution < -0.4 is 27.4 Å². The Bertz CT molecular complexity index is 1230. The summed E-state index contributed by atoms with van der Waals surface area (Å²) in [4.78, 5) is 44.1. The fraction of sp³-hybridized carbons (Fsp3) is 0.333. The summed E-state index contributed by atoms with van der Waals surface area (Å²) in [5, 5.41) is 0.621. The van der Waals surface area contributed by atoms with E-state index in [1.165, 1.54) is 11.6 Å². The largest absolute Gasteiger partial charge is 0.332 e. The first-order valence-corrected chi connectivity index (χ1v) is 9.42. The van der Waals surface area contributed by atoms with Crippen molar-refractivity contribution in [3.63, 3.8) is 0 Å². The molecule has 0 spiro atoms. The fourth-order valence-electron chi connectivity index (χ4n) is 3.67. The third kappa shape index (κ3) is 3.10. The first kappa shape index (κ1) is 19.2. The lowest BCUT2D eigenvalue weighted by atomic mass is 10.1. The number of aryl methyl sites for hydroxylation is 1. The van der Waals surface area contributed by atoms with E-state index in [0.29, 0.717) is 24.1 Å². The van der Waals surface area contributed by atoms with Gasteiger partial charge in [-0.2, -0.15) is 4.98 Å². The van der Waals surface area contributed by atoms with Crippen molar-refractivity contribution in [3.05, 3.63) is 50.1 Å². The molecule has 1 atom stereocenters. The highest BCUT2D eigenvalue weighted by Gasteiger charge is 2.30. The van der Waals surface area contributed by atoms with Gasteiger partial charge in [0.05, 0.1) is 0 Å². The first-order valence-electron chi connectivity index (χ1n) is 9.04. The molecule has 0 saturated heterocycles. The molecular formula is C18H20ClN7O3. The average Bonchev–Trinajstić information content (AvgIpc) is 3.09. The van der Waals surface area contributed by atoms with Crippen LogP contribution in [-0.2, 0) is 24.9 Å². The summed E-state index contributed by atoms with van der Waals surface area (Å²) in [5.74, 6) is 5.25. The van der Waals surface area contributed by atoms with Crippen molar-refractivity contribution in [2.45, 2.75) is 20.0 Å². The quantitative estimate of drug-likeness (QED) is 0.360. The highest BCUT2D eigenvalue weighted by molar-refractivity contribution is 6.30. The Morgan fingerprint density at radius 1 is 1.28 bits per heavy atom. The zero-order valence-electron chi connectivity index (χ0n) is 15.9. The van der Waals surface area contributed by atoms with E-state index < -0.39 is 23.7 Å². The molecule has 0 unspecified atom stereocenters. The van der Waals surface area contributed by atoms with E-state index in [4.69, 9.17) is 17.4 Å². The van der Waals surface area contributed by atoms with Gasteiger partial charge in [0.2, 0.25) is 5.95 Å². The second-order valence-electron chi connectivity index (χ2n) is 7.19. The third-order valence-electron chi connectivity index (χ3n) is 5.04. The Morgan fingerprint density at radius 2 is 1.97 bits per heavy atom. The van der Waals surface area contributed by atoms with Crippen LogP contribution in [0.1, 0.15) is 6.92 Å². The van der Waals surface area contributed by atoms with Crippen molar-refractivity contribution in [3.8, 4) is 0 Å². The van der Waals surface area contributed by atoms with Gasteiger partial charge in [-0.15, -0.1) is 0 Å². The summed E-state index contributed by atoms with van der Waals surface area (Å²) < 4.78 is 3.94. The molecule has 2 aromatic heterocycles. The molecule has 1 aliphatic rings. The molecule has 0 saturated carbocycles. The minimum atomic E-state index is -0.641. The molecule has 1 aliphatic heterocycles. The number of nitrogens with one attached hydrogen (secondary N) is 1. The monoisotopic (exact) mass is 417 g/mol. The number of nitrogens with zero attached hydrogens (tertiary/aromatic N) is 5. The minimum absolute atomic E-state index is 0.216. The SMILES string of the molecule is C[C@@H]1CN(c2ccc(Cl)cc2)c2nc3c(c(=O)n(CC(=O)NN)c(=O)n3C)n2C1. The molecule has 4 rings (SSSR count). The van der Waals surface area contributed by atoms with Crippen molar-refractivity contribution in [2.24, 2.45) is 18.8 Å². The number of fused-ring (bicyclic) bond motifs is 3. The first-order chi connectivity index (χ1) is 13.8. The van der Waals surface area contributed by atoms with Crippen molar-refractivity contribution >= 4 is 40.3 Å². The molecule has 1 aromatic carbocycles. The molecule has 0 radical (unpaired) electrons. The number of anilines is 2. The van der Waals surface area contributed by atoms with E-state index >= 15 is 0 Å². The summed E-state index contributed by atoms with van der Waals surface area (Å²) in [7, 11) is 1.52. The van der Waals surface area contributed by atoms with Crippen molar-refractivity contribution in [2.75, 3.05) is 11.4 Å². The second-order valence-corrected chi connectivity index (χ2v) is 7.62. The second kappa shape index (κ2) is 7.05. The predicted molar refractivity (Wildman–Crippen MR) is 109 cm³/mol. The smallest absolute Gasteiger partial charge is 0.312 e. The van der Waals surface area contributed by atoms with Crippen LogP contribution in [0, 0.1) is 5.92 Å². The minimum Gasteiger partial charge on any atom is -0.312 e. The number of halogens is 1. The molecule has 1 amide bonds. The molecule has 0 fully saturated rings. The molecule has 29 heavy (non-hydrogen) atoms. The number of benzene rings is 1. The van der Waals surface area contributed by atoms with Gasteiger partial charge < -0.3 is 9.47 Å². The molecule has 11 heteroatoms. The van der Waals surface area contributed by atoms with Gasteiger partial charge in [-0.1, -0.05) is 18.5 Å². The number of hydrogen-bond donors (Lipinski definition) is 2. The van der Waals surface area contributed by atoms with E-state index in [9.17, 15) is 14.4 Å². The number of rotatable bonds is 3. The summed E-state index contributed by atoms with van der Waals surface area (Å²) in [6, 6.07) is 7.34. The number of amides is 1. The maximum Gasteiger partial charge on any atom is 0.332 e. The lowest BCUT2D eigenvalue weighted by molar-refractivity contribution is -0.121. The van der Waals surface area contributed by atoms with E-state index in [-0.39, 0.29) is 17.1 Å². The van der Waals surface area contributed by atoms with Crippen LogP contribution in [0.15, 0.2) is 33.9 Å². The number of carbonyl (C=O) groups is 1. The van der Waals surface area contributed by atoms with Gasteiger partial charge >= 0.3 is 5.69 Å². The number of hydrogen-bond acceptors (Lipinski definition) is 6. The van der Waals surface area contributed by atoms with Gasteiger partial charge in [0.15, 0.2) is 11.2 Å². The van der Waals surface area contributed by atoms with Gasteiger partial charge in [-0.05, 0) is 30.2 Å². The normalized spacial score (nSPS) is 16.1. The van der Waals surface area contributed by atoms with Gasteiger partial charge in [0.25, 0.3) is 11.5 Å². The summed E-state index contributed by atoms with van der Waals surface area (Å²) in [5.41, 5.74) is 2.16. The molecule has 0 aliphatic carbocycles. The molecule has 3 N–H and O–H groups in total. The van der Waals surface area contributed by atoms with Gasteiger partial charge in [0.1, 0.15) is 6.54 Å². The van der Waals surface area contributed by atoms with E-state index in [2.05, 4.69) is 11.9 Å². The Hall–Kier alpha value is -3.11. The highest BCUT2D eigenvalue weighted by atomic mass is 35.5. The van der Waals surface area contributed by atoms with E-state index in [1.807, 2.05) is 22.5 Å². The maximum atomic E-state index is 13.1. The molecule has 152 valence electrons. The summed E-state index contributed by atoms with van der Waals surface area (Å²) >= 11 is 6.01. The van der Waals surface area contributed by atoms with E-state index in [0.717, 1.165) is 10.3 Å². The number of imidazole rings is 1. The number of aromatic nitrogens is 4. The molecule has 3 heterocycles. The standard InChI is InChI=1S/C18H20ClN7O3/c1-10-7-24(12-5-3-11(19)4-6-12)17-21-15-14(25(17)8-10)16(28)26(9-13(27)22-20)18(29)23(15)2/h3-6,10H,7-9,20H2,1-2H3,(H,22,27)/t10-/m1/s1. The Balaban J connectivity index is 1.97. The summed E-state index contributed by atoms with van der Waals surface area (Å²) in [6.07, 6.45) is 0. The van der Waals surface area contributed by atoms with Crippen LogP contribution in [0.2, 0.25) is 5.02 Å². The Morgan fingerprint density at radius 3 is 2.62 bits per heavy atom. The average molecular weight is 418 g/mol. The Labute approximate surface area is 170 Å². The maximum absolute atomic E-state index is 13.1. The molecule has 0 bridgehead atoms. The zero-order chi connectivity index (χ0) is 20.9. The van der Waals surface area contributed by atoms with Gasteiger partial charge in [-0.25, -0.2) is 15.2 Å². The van der Waals surface area contributed by atoms with Crippen LogP contribution in [0.5, 0.6) is 0 Å². The topological polar surface area (TPSA) is 120 Å². The van der Waals surface area contributed by atoms with Gasteiger partial charge in [0, 0.05) is 30.8 Å². The lowest BCUT2D eigenvalue weighted by Crippen LogP contribution is -2.45. The van der Waals surface area contributed by atoms with Crippen LogP contribution in [-0.4, -0.2) is 31.1 Å². The van der Waals surface area contributed by atoms with Gasteiger partial charge in [-0.3, -0.25) is 19.6 Å². The molecule has 10 nitrogen and oxygen atoms in total. The number of nitrogens with two attached hydrogens (primary N) is 1. The van der Waals surface area contributed by atoms with Crippen molar-refractivity contribution in [1.82, 2.24) is 24.1 Å². The number of carbonyl (C=O) groups excluding carboxylic acids is 1. The number of hydrazine groups is 1. The lowest BCUT2D eigenvalue weighted by Gasteiger charge is -2.33. The van der Waals surface area contributed by atoms with Crippen LogP contribution in [0.4, 0.5) is 11.6 Å². The molecular weight excluding hydrogens is 398 g/mol. The van der Waals surface area contributed by atoms with Crippen molar-refractivity contribution in [1.29, 1.82) is 0 Å². The summed E-state index contributed by atoms with van der Waals surface area (Å²) in [6.45, 7) is 2.87. The fourth-order valence-corrected chi connectivity index (χ4v) is 3.80. The van der Waals surface area contributed by atoms with E-state index in [1.54, 1.807) is 16.7 Å². The Kier molecular flexibility index (Phi) is 4.67. The van der Waals surface area contributed by atoms with Crippen LogP contribution in [0.25, 0.3) is 11.2 Å². The third-order valence-corrected chi connectivity index (χ3v) is 5.30.